The van der Waals surface area contributed by atoms with E-state index in [0.717, 1.165) is 17.0 Å². The van der Waals surface area contributed by atoms with E-state index in [2.05, 4.69) is 15.4 Å². The third kappa shape index (κ3) is 2.18. The van der Waals surface area contributed by atoms with Crippen molar-refractivity contribution in [3.8, 4) is 0 Å². The molecular weight excluding hydrogens is 266 g/mol. The largest absolute Gasteiger partial charge is 0.398 e. The van der Waals surface area contributed by atoms with Gasteiger partial charge in [-0.05, 0) is 19.9 Å². The number of carbonyl (C=O) groups is 1. The Hall–Kier alpha value is -2.63. The van der Waals surface area contributed by atoms with Gasteiger partial charge in [0.15, 0.2) is 5.69 Å². The lowest BCUT2D eigenvalue weighted by molar-refractivity contribution is 0.0950. The first kappa shape index (κ1) is 13.4. The zero-order valence-corrected chi connectivity index (χ0v) is 12.1. The van der Waals surface area contributed by atoms with E-state index >= 15 is 0 Å². The smallest absolute Gasteiger partial charge is 0.272 e. The molecule has 0 atom stereocenters. The average Bonchev–Trinajstić information content (AvgIpc) is 2.69. The summed E-state index contributed by atoms with van der Waals surface area (Å²) in [6, 6.07) is 7.52. The van der Waals surface area contributed by atoms with Crippen LogP contribution in [0.4, 0.5) is 11.4 Å². The lowest BCUT2D eigenvalue weighted by Gasteiger charge is -2.08. The Labute approximate surface area is 122 Å². The summed E-state index contributed by atoms with van der Waals surface area (Å²) in [6.45, 7) is 4.79. The van der Waals surface area contributed by atoms with Crippen molar-refractivity contribution in [2.45, 2.75) is 20.4 Å². The molecule has 0 bridgehead atoms. The van der Waals surface area contributed by atoms with Crippen LogP contribution in [-0.4, -0.2) is 27.9 Å². The molecule has 2 heterocycles. The van der Waals surface area contributed by atoms with Crippen LogP contribution in [0.25, 0.3) is 0 Å². The third-order valence-electron chi connectivity index (χ3n) is 3.55. The van der Waals surface area contributed by atoms with Gasteiger partial charge in [0.1, 0.15) is 5.69 Å². The van der Waals surface area contributed by atoms with Gasteiger partial charge in [0.05, 0.1) is 18.0 Å². The number of anilines is 1. The monoisotopic (exact) mass is 283 g/mol. The Morgan fingerprint density at radius 3 is 2.86 bits per heavy atom. The summed E-state index contributed by atoms with van der Waals surface area (Å²) in [4.78, 5) is 16.9. The highest BCUT2D eigenvalue weighted by Crippen LogP contribution is 2.27. The molecule has 108 valence electrons. The van der Waals surface area contributed by atoms with Crippen molar-refractivity contribution in [2.75, 3.05) is 12.3 Å². The number of hydrogen-bond acceptors (Lipinski definition) is 4. The minimum atomic E-state index is -0.152. The molecule has 1 aliphatic heterocycles. The van der Waals surface area contributed by atoms with Gasteiger partial charge in [-0.3, -0.25) is 9.48 Å². The number of nitrogen functional groups attached to an aromatic ring is 1. The molecule has 1 aromatic heterocycles. The Morgan fingerprint density at radius 1 is 1.38 bits per heavy atom. The number of nitrogens with one attached hydrogen (secondary N) is 1. The SMILES string of the molecule is CCn1nc(C)c2c1C(=O)NCC(c1ccccc1N)=N2. The quantitative estimate of drug-likeness (QED) is 0.822. The van der Waals surface area contributed by atoms with Crippen LogP contribution in [-0.2, 0) is 6.54 Å². The van der Waals surface area contributed by atoms with Gasteiger partial charge < -0.3 is 11.1 Å². The molecule has 0 saturated carbocycles. The summed E-state index contributed by atoms with van der Waals surface area (Å²) in [6.07, 6.45) is 0. The molecule has 1 amide bonds. The summed E-state index contributed by atoms with van der Waals surface area (Å²) in [5, 5.41) is 7.25. The maximum absolute atomic E-state index is 12.3. The van der Waals surface area contributed by atoms with Crippen molar-refractivity contribution in [2.24, 2.45) is 4.99 Å². The second kappa shape index (κ2) is 5.05. The maximum atomic E-state index is 12.3. The van der Waals surface area contributed by atoms with E-state index in [4.69, 9.17) is 5.73 Å². The fraction of sp³-hybridized carbons (Fsp3) is 0.267. The van der Waals surface area contributed by atoms with Crippen molar-refractivity contribution in [3.63, 3.8) is 0 Å². The van der Waals surface area contributed by atoms with Gasteiger partial charge in [0.25, 0.3) is 5.91 Å². The maximum Gasteiger partial charge on any atom is 0.272 e. The number of para-hydroxylation sites is 1. The van der Waals surface area contributed by atoms with Crippen LogP contribution in [0.5, 0.6) is 0 Å². The van der Waals surface area contributed by atoms with Crippen molar-refractivity contribution in [1.29, 1.82) is 0 Å². The number of nitrogens with zero attached hydrogens (tertiary/aromatic N) is 3. The highest BCUT2D eigenvalue weighted by Gasteiger charge is 2.25. The Bertz CT molecular complexity index is 745. The number of aromatic nitrogens is 2. The number of nitrogens with two attached hydrogens (primary N) is 1. The molecule has 6 heteroatoms. The van der Waals surface area contributed by atoms with Gasteiger partial charge in [-0.25, -0.2) is 4.99 Å². The number of carbonyl (C=O) groups excluding carboxylic acids is 1. The van der Waals surface area contributed by atoms with Crippen LogP contribution in [0.1, 0.15) is 28.7 Å². The van der Waals surface area contributed by atoms with Gasteiger partial charge in [-0.2, -0.15) is 5.10 Å². The van der Waals surface area contributed by atoms with E-state index in [1.807, 2.05) is 38.1 Å². The van der Waals surface area contributed by atoms with Gasteiger partial charge >= 0.3 is 0 Å². The summed E-state index contributed by atoms with van der Waals surface area (Å²) >= 11 is 0. The second-order valence-corrected chi connectivity index (χ2v) is 4.93. The molecule has 0 radical (unpaired) electrons. The normalized spacial score (nSPS) is 14.2. The number of benzene rings is 1. The molecule has 0 aliphatic carbocycles. The van der Waals surface area contributed by atoms with Crippen molar-refractivity contribution < 1.29 is 4.79 Å². The Morgan fingerprint density at radius 2 is 2.14 bits per heavy atom. The number of aliphatic imine (C=N–C) groups is 1. The van der Waals surface area contributed by atoms with Crippen LogP contribution in [0, 0.1) is 6.92 Å². The predicted octanol–water partition coefficient (Wildman–Crippen LogP) is 1.66. The standard InChI is InChI=1S/C15H17N5O/c1-3-20-14-13(9(2)19-20)18-12(8-17-15(14)21)10-6-4-5-7-11(10)16/h4-7H,3,8,16H2,1-2H3,(H,17,21). The molecule has 0 saturated heterocycles. The van der Waals surface area contributed by atoms with Crippen molar-refractivity contribution in [3.05, 3.63) is 41.2 Å². The van der Waals surface area contributed by atoms with Crippen LogP contribution in [0.3, 0.4) is 0 Å². The first-order valence-corrected chi connectivity index (χ1v) is 6.90. The minimum absolute atomic E-state index is 0.152. The van der Waals surface area contributed by atoms with Crippen LogP contribution >= 0.6 is 0 Å². The van der Waals surface area contributed by atoms with Crippen LogP contribution in [0.2, 0.25) is 0 Å². The van der Waals surface area contributed by atoms with Gasteiger partial charge in [0.2, 0.25) is 0 Å². The molecule has 1 aromatic carbocycles. The Balaban J connectivity index is 2.18. The van der Waals surface area contributed by atoms with E-state index in [0.29, 0.717) is 30.2 Å². The third-order valence-corrected chi connectivity index (χ3v) is 3.55. The molecule has 0 fully saturated rings. The zero-order chi connectivity index (χ0) is 15.0. The average molecular weight is 283 g/mol. The molecule has 3 rings (SSSR count). The number of rotatable bonds is 2. The lowest BCUT2D eigenvalue weighted by atomic mass is 10.1. The molecule has 0 unspecified atom stereocenters. The number of fused-ring (bicyclic) bond motifs is 1. The fourth-order valence-corrected chi connectivity index (χ4v) is 2.50. The van der Waals surface area contributed by atoms with Gasteiger partial charge in [0, 0.05) is 17.8 Å². The molecule has 21 heavy (non-hydrogen) atoms. The lowest BCUT2D eigenvalue weighted by Crippen LogP contribution is -2.30. The summed E-state index contributed by atoms with van der Waals surface area (Å²) in [5.41, 5.74) is 10.1. The first-order chi connectivity index (χ1) is 10.1. The molecule has 1 aliphatic rings. The topological polar surface area (TPSA) is 85.3 Å². The Kier molecular flexibility index (Phi) is 3.21. The van der Waals surface area contributed by atoms with E-state index in [1.165, 1.54) is 0 Å². The molecule has 0 spiro atoms. The summed E-state index contributed by atoms with van der Waals surface area (Å²) in [7, 11) is 0. The number of hydrogen-bond donors (Lipinski definition) is 2. The van der Waals surface area contributed by atoms with Crippen molar-refractivity contribution >= 4 is 23.0 Å². The zero-order valence-electron chi connectivity index (χ0n) is 12.1. The van der Waals surface area contributed by atoms with E-state index in [9.17, 15) is 4.79 Å². The molecular formula is C15H17N5O. The molecule has 2 aromatic rings. The highest BCUT2D eigenvalue weighted by molar-refractivity contribution is 6.12. The number of amides is 1. The molecule has 6 nitrogen and oxygen atoms in total. The molecule has 3 N–H and O–H groups in total. The predicted molar refractivity (Wildman–Crippen MR) is 82.0 cm³/mol. The van der Waals surface area contributed by atoms with E-state index in [-0.39, 0.29) is 5.91 Å². The van der Waals surface area contributed by atoms with Gasteiger partial charge in [-0.15, -0.1) is 0 Å². The minimum Gasteiger partial charge on any atom is -0.398 e. The van der Waals surface area contributed by atoms with Gasteiger partial charge in [-0.1, -0.05) is 18.2 Å². The van der Waals surface area contributed by atoms with Crippen molar-refractivity contribution in [1.82, 2.24) is 15.1 Å². The van der Waals surface area contributed by atoms with E-state index in [1.54, 1.807) is 4.68 Å². The summed E-state index contributed by atoms with van der Waals surface area (Å²) in [5.74, 6) is -0.152. The van der Waals surface area contributed by atoms with E-state index < -0.39 is 0 Å². The summed E-state index contributed by atoms with van der Waals surface area (Å²) < 4.78 is 1.68. The van der Waals surface area contributed by atoms with Crippen LogP contribution in [0.15, 0.2) is 29.3 Å². The first-order valence-electron chi connectivity index (χ1n) is 6.90. The van der Waals surface area contributed by atoms with Crippen LogP contribution < -0.4 is 11.1 Å². The number of aryl methyl sites for hydroxylation is 2. The highest BCUT2D eigenvalue weighted by atomic mass is 16.2. The fourth-order valence-electron chi connectivity index (χ4n) is 2.50. The second-order valence-electron chi connectivity index (χ2n) is 4.93.